The van der Waals surface area contributed by atoms with Gasteiger partial charge in [-0.2, -0.15) is 0 Å². The highest BCUT2D eigenvalue weighted by Crippen LogP contribution is 2.44. The molecule has 0 atom stereocenters. The maximum absolute atomic E-state index is 11.1. The number of rotatable bonds is 7. The summed E-state index contributed by atoms with van der Waals surface area (Å²) >= 11 is 12.6. The zero-order valence-electron chi connectivity index (χ0n) is 18.0. The molecule has 32 heavy (non-hydrogen) atoms. The topological polar surface area (TPSA) is 40.5 Å². The molecule has 1 N–H and O–H groups in total. The molecule has 2 aliphatic rings. The zero-order chi connectivity index (χ0) is 22.1. The van der Waals surface area contributed by atoms with E-state index in [2.05, 4.69) is 50.0 Å². The number of benzene rings is 2. The minimum Gasteiger partial charge on any atom is -0.368 e. The fraction of sp³-hybridized carbons (Fsp3) is 0.400. The first-order valence-electron chi connectivity index (χ1n) is 11.4. The van der Waals surface area contributed by atoms with Crippen molar-refractivity contribution in [3.05, 3.63) is 58.6 Å². The molecule has 2 fully saturated rings. The van der Waals surface area contributed by atoms with Crippen LogP contribution in [0.15, 0.2) is 48.5 Å². The third-order valence-corrected chi connectivity index (χ3v) is 7.84. The van der Waals surface area contributed by atoms with E-state index >= 15 is 0 Å². The number of hydrogen-bond donors (Lipinski definition) is 1. The van der Waals surface area contributed by atoms with Crippen molar-refractivity contribution in [1.29, 1.82) is 0 Å². The van der Waals surface area contributed by atoms with Gasteiger partial charge in [0.1, 0.15) is 5.82 Å². The Labute approximate surface area is 198 Å². The van der Waals surface area contributed by atoms with Crippen molar-refractivity contribution >= 4 is 52.0 Å². The first-order valence-corrected chi connectivity index (χ1v) is 12.1. The van der Waals surface area contributed by atoms with E-state index in [9.17, 15) is 4.79 Å². The number of halogens is 2. The van der Waals surface area contributed by atoms with Gasteiger partial charge in [-0.15, -0.1) is 0 Å². The molecule has 0 spiro atoms. The SMILES string of the molecule is O=CNc1cc2ccccc2n1C1CC(CCN2CCN(c3cccc(Cl)c3Cl)CC2)C1. The first kappa shape index (κ1) is 21.6. The Balaban J connectivity index is 1.13. The lowest BCUT2D eigenvalue weighted by Gasteiger charge is -2.40. The Morgan fingerprint density at radius 3 is 2.56 bits per heavy atom. The molecule has 2 aromatic carbocycles. The van der Waals surface area contributed by atoms with E-state index in [4.69, 9.17) is 23.2 Å². The zero-order valence-corrected chi connectivity index (χ0v) is 19.5. The largest absolute Gasteiger partial charge is 0.368 e. The van der Waals surface area contributed by atoms with Gasteiger partial charge in [0.2, 0.25) is 6.41 Å². The summed E-state index contributed by atoms with van der Waals surface area (Å²) in [6, 6.07) is 16.7. The van der Waals surface area contributed by atoms with Gasteiger partial charge in [0.15, 0.2) is 0 Å². The molecule has 3 aromatic rings. The van der Waals surface area contributed by atoms with Gasteiger partial charge in [-0.25, -0.2) is 0 Å². The summed E-state index contributed by atoms with van der Waals surface area (Å²) in [7, 11) is 0. The minimum absolute atomic E-state index is 0.462. The van der Waals surface area contributed by atoms with Crippen molar-refractivity contribution in [3.63, 3.8) is 0 Å². The lowest BCUT2D eigenvalue weighted by atomic mass is 9.78. The molecule has 1 aliphatic heterocycles. The van der Waals surface area contributed by atoms with Gasteiger partial charge in [-0.1, -0.05) is 47.5 Å². The van der Waals surface area contributed by atoms with E-state index in [0.717, 1.165) is 56.6 Å². The van der Waals surface area contributed by atoms with Crippen LogP contribution in [0.2, 0.25) is 10.0 Å². The first-order chi connectivity index (χ1) is 15.6. The van der Waals surface area contributed by atoms with Crippen LogP contribution in [0, 0.1) is 5.92 Å². The highest BCUT2D eigenvalue weighted by Gasteiger charge is 2.33. The van der Waals surface area contributed by atoms with Crippen molar-refractivity contribution < 1.29 is 4.79 Å². The molecule has 168 valence electrons. The van der Waals surface area contributed by atoms with Gasteiger partial charge in [0, 0.05) is 43.1 Å². The van der Waals surface area contributed by atoms with Gasteiger partial charge in [-0.3, -0.25) is 9.69 Å². The molecule has 0 unspecified atom stereocenters. The fourth-order valence-electron chi connectivity index (χ4n) is 5.20. The smallest absolute Gasteiger partial charge is 0.212 e. The van der Waals surface area contributed by atoms with Gasteiger partial charge < -0.3 is 14.8 Å². The molecular formula is C25H28Cl2N4O. The Bertz CT molecular complexity index is 1100. The standard InChI is InChI=1S/C25H28Cl2N4O/c26-21-5-3-7-23(25(21)27)30-12-10-29(11-13-30)9-8-18-14-20(15-18)31-22-6-2-1-4-19(22)16-24(31)28-17-32/h1-7,16-18,20H,8-15H2,(H,28,32). The fourth-order valence-corrected chi connectivity index (χ4v) is 5.62. The van der Waals surface area contributed by atoms with Crippen LogP contribution < -0.4 is 10.2 Å². The van der Waals surface area contributed by atoms with Crippen LogP contribution in [0.5, 0.6) is 0 Å². The van der Waals surface area contributed by atoms with Gasteiger partial charge >= 0.3 is 0 Å². The molecule has 7 heteroatoms. The summed E-state index contributed by atoms with van der Waals surface area (Å²) < 4.78 is 2.31. The number of hydrogen-bond acceptors (Lipinski definition) is 3. The number of carbonyl (C=O) groups is 1. The summed E-state index contributed by atoms with van der Waals surface area (Å²) in [5.41, 5.74) is 2.25. The lowest BCUT2D eigenvalue weighted by molar-refractivity contribution is -0.105. The highest BCUT2D eigenvalue weighted by molar-refractivity contribution is 6.43. The quantitative estimate of drug-likeness (QED) is 0.451. The van der Waals surface area contributed by atoms with Crippen molar-refractivity contribution in [2.45, 2.75) is 25.3 Å². The number of anilines is 2. The van der Waals surface area contributed by atoms with Crippen LogP contribution in [0.25, 0.3) is 10.9 Å². The summed E-state index contributed by atoms with van der Waals surface area (Å²) in [5.74, 6) is 1.64. The Kier molecular flexibility index (Phi) is 6.31. The number of fused-ring (bicyclic) bond motifs is 1. The van der Waals surface area contributed by atoms with Crippen LogP contribution in [-0.4, -0.2) is 48.6 Å². The molecule has 1 amide bonds. The number of piperazine rings is 1. The number of amides is 1. The molecule has 5 nitrogen and oxygen atoms in total. The van der Waals surface area contributed by atoms with Crippen LogP contribution in [-0.2, 0) is 4.79 Å². The Morgan fingerprint density at radius 2 is 1.78 bits per heavy atom. The van der Waals surface area contributed by atoms with E-state index in [1.165, 1.54) is 30.2 Å². The maximum atomic E-state index is 11.1. The monoisotopic (exact) mass is 470 g/mol. The predicted molar refractivity (Wildman–Crippen MR) is 133 cm³/mol. The molecular weight excluding hydrogens is 443 g/mol. The van der Waals surface area contributed by atoms with E-state index in [1.54, 1.807) is 0 Å². The molecule has 1 aromatic heterocycles. The van der Waals surface area contributed by atoms with Crippen LogP contribution in [0.4, 0.5) is 11.5 Å². The van der Waals surface area contributed by atoms with Crippen molar-refractivity contribution in [2.24, 2.45) is 5.92 Å². The minimum atomic E-state index is 0.462. The van der Waals surface area contributed by atoms with Crippen LogP contribution >= 0.6 is 23.2 Å². The normalized spacial score (nSPS) is 21.5. The highest BCUT2D eigenvalue weighted by atomic mass is 35.5. The lowest BCUT2D eigenvalue weighted by Crippen LogP contribution is -2.47. The molecule has 1 saturated heterocycles. The Hall–Kier alpha value is -2.21. The predicted octanol–water partition coefficient (Wildman–Crippen LogP) is 5.68. The molecule has 0 radical (unpaired) electrons. The van der Waals surface area contributed by atoms with Crippen LogP contribution in [0.1, 0.15) is 25.3 Å². The van der Waals surface area contributed by atoms with Crippen molar-refractivity contribution in [3.8, 4) is 0 Å². The summed E-state index contributed by atoms with van der Waals surface area (Å²) in [6.45, 7) is 5.19. The number of nitrogens with zero attached hydrogens (tertiary/aromatic N) is 3. The van der Waals surface area contributed by atoms with Gasteiger partial charge in [0.25, 0.3) is 0 Å². The number of para-hydroxylation sites is 1. The molecule has 0 bridgehead atoms. The number of nitrogens with one attached hydrogen (secondary N) is 1. The van der Waals surface area contributed by atoms with Gasteiger partial charge in [0.05, 0.1) is 15.7 Å². The average Bonchev–Trinajstić information content (AvgIpc) is 3.13. The third kappa shape index (κ3) is 4.21. The summed E-state index contributed by atoms with van der Waals surface area (Å²) in [4.78, 5) is 16.0. The van der Waals surface area contributed by atoms with Crippen molar-refractivity contribution in [1.82, 2.24) is 9.47 Å². The second-order valence-electron chi connectivity index (χ2n) is 8.90. The maximum Gasteiger partial charge on any atom is 0.212 e. The molecule has 5 rings (SSSR count). The van der Waals surface area contributed by atoms with Gasteiger partial charge in [-0.05, 0) is 56.0 Å². The second kappa shape index (κ2) is 9.34. The second-order valence-corrected chi connectivity index (χ2v) is 9.69. The molecule has 2 heterocycles. The number of aromatic nitrogens is 1. The molecule has 1 saturated carbocycles. The van der Waals surface area contributed by atoms with E-state index < -0.39 is 0 Å². The number of carbonyl (C=O) groups excluding carboxylic acids is 1. The van der Waals surface area contributed by atoms with E-state index in [0.29, 0.717) is 16.1 Å². The van der Waals surface area contributed by atoms with Crippen molar-refractivity contribution in [2.75, 3.05) is 42.9 Å². The molecule has 1 aliphatic carbocycles. The van der Waals surface area contributed by atoms with E-state index in [-0.39, 0.29) is 0 Å². The summed E-state index contributed by atoms with van der Waals surface area (Å²) in [5, 5.41) is 5.34. The summed E-state index contributed by atoms with van der Waals surface area (Å²) in [6.07, 6.45) is 4.34. The third-order valence-electron chi connectivity index (χ3n) is 7.03. The average molecular weight is 471 g/mol. The van der Waals surface area contributed by atoms with E-state index in [1.807, 2.05) is 18.2 Å². The Morgan fingerprint density at radius 1 is 1.00 bits per heavy atom. The van der Waals surface area contributed by atoms with Crippen LogP contribution in [0.3, 0.4) is 0 Å².